The maximum absolute atomic E-state index is 14.1. The van der Waals surface area contributed by atoms with Crippen LogP contribution in [0.5, 0.6) is 0 Å². The highest BCUT2D eigenvalue weighted by Gasteiger charge is 2.27. The van der Waals surface area contributed by atoms with Gasteiger partial charge in [-0.25, -0.2) is 4.39 Å². The number of halogens is 2. The average molecular weight is 557 g/mol. The van der Waals surface area contributed by atoms with Crippen molar-refractivity contribution in [2.45, 2.75) is 13.0 Å². The highest BCUT2D eigenvalue weighted by molar-refractivity contribution is 14.0. The minimum atomic E-state index is -0.166. The van der Waals surface area contributed by atoms with Gasteiger partial charge in [0.1, 0.15) is 17.3 Å². The second kappa shape index (κ2) is 11.9. The molecule has 1 unspecified atom stereocenters. The molecule has 1 aromatic heterocycles. The van der Waals surface area contributed by atoms with Crippen LogP contribution in [0.25, 0.3) is 0 Å². The Morgan fingerprint density at radius 1 is 1.06 bits per heavy atom. The average Bonchev–Trinajstić information content (AvgIpc) is 3.24. The van der Waals surface area contributed by atoms with Crippen molar-refractivity contribution in [2.24, 2.45) is 4.99 Å². The quantitative estimate of drug-likeness (QED) is 0.347. The summed E-state index contributed by atoms with van der Waals surface area (Å²) in [5.74, 6) is 2.59. The first kappa shape index (κ1) is 24.8. The first-order valence-corrected chi connectivity index (χ1v) is 11.0. The van der Waals surface area contributed by atoms with E-state index in [1.807, 2.05) is 32.2 Å². The number of benzene rings is 1. The number of rotatable bonds is 5. The number of guanidine groups is 1. The van der Waals surface area contributed by atoms with Crippen molar-refractivity contribution >= 4 is 35.6 Å². The smallest absolute Gasteiger partial charge is 0.193 e. The monoisotopic (exact) mass is 557 g/mol. The minimum Gasteiger partial charge on any atom is -0.465 e. The second-order valence-corrected chi connectivity index (χ2v) is 7.97. The van der Waals surface area contributed by atoms with E-state index in [0.29, 0.717) is 12.2 Å². The Kier molecular flexibility index (Phi) is 9.18. The van der Waals surface area contributed by atoms with Crippen molar-refractivity contribution in [1.29, 1.82) is 0 Å². The van der Waals surface area contributed by atoms with Gasteiger partial charge < -0.3 is 24.3 Å². The number of hydrogen-bond acceptors (Lipinski definition) is 5. The number of furan rings is 1. The Labute approximate surface area is 206 Å². The lowest BCUT2D eigenvalue weighted by molar-refractivity contribution is 0.0123. The third-order valence-electron chi connectivity index (χ3n) is 6.01. The molecule has 0 amide bonds. The van der Waals surface area contributed by atoms with Gasteiger partial charge in [0.2, 0.25) is 0 Å². The van der Waals surface area contributed by atoms with Crippen LogP contribution in [0.2, 0.25) is 0 Å². The summed E-state index contributed by atoms with van der Waals surface area (Å²) < 4.78 is 25.6. The summed E-state index contributed by atoms with van der Waals surface area (Å²) in [6.45, 7) is 9.00. The summed E-state index contributed by atoms with van der Waals surface area (Å²) >= 11 is 0. The zero-order valence-corrected chi connectivity index (χ0v) is 21.1. The van der Waals surface area contributed by atoms with Crippen LogP contribution in [0, 0.1) is 12.7 Å². The predicted octanol–water partition coefficient (Wildman–Crippen LogP) is 3.12. The Balaban J connectivity index is 0.00000289. The molecule has 2 aliphatic heterocycles. The number of aliphatic imine (C=N–C) groups is 1. The molecule has 32 heavy (non-hydrogen) atoms. The topological polar surface area (TPSA) is 56.5 Å². The molecular formula is C23H33FIN5O2. The first-order chi connectivity index (χ1) is 15.2. The highest BCUT2D eigenvalue weighted by atomic mass is 127. The number of piperazine rings is 1. The van der Waals surface area contributed by atoms with Gasteiger partial charge in [0.25, 0.3) is 0 Å². The number of nitrogens with one attached hydrogen (secondary N) is 1. The van der Waals surface area contributed by atoms with E-state index in [-0.39, 0.29) is 35.8 Å². The van der Waals surface area contributed by atoms with Gasteiger partial charge >= 0.3 is 0 Å². The number of nitrogens with zero attached hydrogens (tertiary/aromatic N) is 4. The second-order valence-electron chi connectivity index (χ2n) is 7.97. The van der Waals surface area contributed by atoms with Crippen LogP contribution >= 0.6 is 24.0 Å². The Morgan fingerprint density at radius 3 is 2.41 bits per heavy atom. The summed E-state index contributed by atoms with van der Waals surface area (Å²) in [5, 5.41) is 3.55. The van der Waals surface area contributed by atoms with Crippen LogP contribution in [0.3, 0.4) is 0 Å². The van der Waals surface area contributed by atoms with E-state index in [9.17, 15) is 4.39 Å². The van der Waals surface area contributed by atoms with Gasteiger partial charge in [0.05, 0.1) is 24.9 Å². The molecule has 2 saturated heterocycles. The molecule has 1 aromatic carbocycles. The number of aryl methyl sites for hydroxylation is 1. The lowest BCUT2D eigenvalue weighted by atomic mass is 10.1. The molecular weight excluding hydrogens is 524 g/mol. The largest absolute Gasteiger partial charge is 0.465 e. The van der Waals surface area contributed by atoms with Gasteiger partial charge in [-0.3, -0.25) is 9.89 Å². The van der Waals surface area contributed by atoms with E-state index in [1.54, 1.807) is 6.07 Å². The van der Waals surface area contributed by atoms with Crippen molar-refractivity contribution < 1.29 is 13.5 Å². The van der Waals surface area contributed by atoms with Gasteiger partial charge in [0, 0.05) is 52.9 Å². The number of morpholine rings is 1. The molecule has 0 aliphatic carbocycles. The zero-order chi connectivity index (χ0) is 21.6. The molecule has 2 aromatic rings. The number of ether oxygens (including phenoxy) is 1. The standard InChI is InChI=1S/C23H32FN5O2.HI/c1-18-7-8-22(31-18)21(28-13-15-30-16-14-28)17-26-23(25-2)29-11-9-27(10-12-29)20-6-4-3-5-19(20)24;/h3-8,21H,9-17H2,1-2H3,(H,25,26);1H. The van der Waals surface area contributed by atoms with Crippen molar-refractivity contribution in [2.75, 3.05) is 71.0 Å². The molecule has 3 heterocycles. The third kappa shape index (κ3) is 5.93. The molecule has 2 aliphatic rings. The zero-order valence-electron chi connectivity index (χ0n) is 18.8. The van der Waals surface area contributed by atoms with E-state index < -0.39 is 0 Å². The van der Waals surface area contributed by atoms with Crippen molar-refractivity contribution in [1.82, 2.24) is 15.1 Å². The summed E-state index contributed by atoms with van der Waals surface area (Å²) in [6, 6.07) is 11.2. The SMILES string of the molecule is CN=C(NCC(c1ccc(C)o1)N1CCOCC1)N1CCN(c2ccccc2F)CC1.I. The molecule has 176 valence electrons. The summed E-state index contributed by atoms with van der Waals surface area (Å²) in [4.78, 5) is 11.2. The molecule has 7 nitrogen and oxygen atoms in total. The fraction of sp³-hybridized carbons (Fsp3) is 0.522. The molecule has 0 bridgehead atoms. The maximum atomic E-state index is 14.1. The van der Waals surface area contributed by atoms with E-state index in [1.165, 1.54) is 6.07 Å². The molecule has 0 radical (unpaired) electrons. The molecule has 1 atom stereocenters. The maximum Gasteiger partial charge on any atom is 0.193 e. The molecule has 1 N–H and O–H groups in total. The summed E-state index contributed by atoms with van der Waals surface area (Å²) in [5.41, 5.74) is 0.672. The van der Waals surface area contributed by atoms with Crippen LogP contribution in [0.15, 0.2) is 45.8 Å². The minimum absolute atomic E-state index is 0. The lowest BCUT2D eigenvalue weighted by Gasteiger charge is -2.39. The summed E-state index contributed by atoms with van der Waals surface area (Å²) in [7, 11) is 1.81. The van der Waals surface area contributed by atoms with E-state index in [2.05, 4.69) is 31.1 Å². The van der Waals surface area contributed by atoms with Crippen LogP contribution in [-0.4, -0.2) is 81.8 Å². The van der Waals surface area contributed by atoms with Gasteiger partial charge in [-0.15, -0.1) is 24.0 Å². The lowest BCUT2D eigenvalue weighted by Crippen LogP contribution is -2.54. The van der Waals surface area contributed by atoms with Crippen LogP contribution in [0.4, 0.5) is 10.1 Å². The molecule has 4 rings (SSSR count). The van der Waals surface area contributed by atoms with E-state index in [0.717, 1.165) is 70.0 Å². The van der Waals surface area contributed by atoms with Gasteiger partial charge in [-0.05, 0) is 31.2 Å². The van der Waals surface area contributed by atoms with E-state index in [4.69, 9.17) is 9.15 Å². The van der Waals surface area contributed by atoms with E-state index >= 15 is 0 Å². The van der Waals surface area contributed by atoms with Crippen LogP contribution < -0.4 is 10.2 Å². The van der Waals surface area contributed by atoms with Crippen LogP contribution in [0.1, 0.15) is 17.6 Å². The number of anilines is 1. The Bertz CT molecular complexity index is 879. The molecule has 9 heteroatoms. The fourth-order valence-electron chi connectivity index (χ4n) is 4.32. The van der Waals surface area contributed by atoms with Crippen molar-refractivity contribution in [3.8, 4) is 0 Å². The molecule has 2 fully saturated rings. The van der Waals surface area contributed by atoms with Gasteiger partial charge in [0.15, 0.2) is 5.96 Å². The van der Waals surface area contributed by atoms with Crippen LogP contribution in [-0.2, 0) is 4.74 Å². The predicted molar refractivity (Wildman–Crippen MR) is 136 cm³/mol. The van der Waals surface area contributed by atoms with Crippen molar-refractivity contribution in [3.63, 3.8) is 0 Å². The third-order valence-corrected chi connectivity index (χ3v) is 6.01. The van der Waals surface area contributed by atoms with Gasteiger partial charge in [-0.1, -0.05) is 12.1 Å². The fourth-order valence-corrected chi connectivity index (χ4v) is 4.32. The number of para-hydroxylation sites is 1. The molecule has 0 spiro atoms. The molecule has 0 saturated carbocycles. The normalized spacial score (nSPS) is 18.9. The summed E-state index contributed by atoms with van der Waals surface area (Å²) in [6.07, 6.45) is 0. The number of hydrogen-bond donors (Lipinski definition) is 1. The Hall–Kier alpha value is -1.85. The van der Waals surface area contributed by atoms with Crippen molar-refractivity contribution in [3.05, 3.63) is 53.7 Å². The first-order valence-electron chi connectivity index (χ1n) is 11.0. The van der Waals surface area contributed by atoms with Gasteiger partial charge in [-0.2, -0.15) is 0 Å². The Morgan fingerprint density at radius 2 is 1.78 bits per heavy atom. The highest BCUT2D eigenvalue weighted by Crippen LogP contribution is 2.24.